The van der Waals surface area contributed by atoms with Crippen LogP contribution in [0.5, 0.6) is 0 Å². The smallest absolute Gasteiger partial charge is 0.255 e. The first-order chi connectivity index (χ1) is 17.3. The average Bonchev–Trinajstić information content (AvgIpc) is 3.16. The number of fused-ring (bicyclic) bond motifs is 1. The second-order valence-corrected chi connectivity index (χ2v) is 12.6. The summed E-state index contributed by atoms with van der Waals surface area (Å²) >= 11 is 1.87. The SMILES string of the molecule is COCC1CN(C2CCC([C@@H](C)c3sc4c(c3C)C(=O)N(Cc3c(C)cc(C)[nH]c3=O)CC4)CC2)C1. The Morgan fingerprint density at radius 1 is 1.14 bits per heavy atom. The molecule has 7 heteroatoms. The number of likely N-dealkylation sites (tertiary alicyclic amines) is 1. The van der Waals surface area contributed by atoms with E-state index in [0.29, 0.717) is 30.5 Å². The van der Waals surface area contributed by atoms with Crippen LogP contribution in [0.25, 0.3) is 0 Å². The number of nitrogens with zero attached hydrogens (tertiary/aromatic N) is 2. The third-order valence-electron chi connectivity index (χ3n) is 8.98. The van der Waals surface area contributed by atoms with Crippen molar-refractivity contribution in [2.45, 2.75) is 78.3 Å². The van der Waals surface area contributed by atoms with E-state index in [2.05, 4.69) is 23.7 Å². The topological polar surface area (TPSA) is 65.6 Å². The highest BCUT2D eigenvalue weighted by Gasteiger charge is 2.37. The number of pyridine rings is 1. The van der Waals surface area contributed by atoms with Crippen LogP contribution < -0.4 is 5.56 Å². The minimum Gasteiger partial charge on any atom is -0.384 e. The fourth-order valence-electron chi connectivity index (χ4n) is 6.83. The molecule has 1 atom stereocenters. The van der Waals surface area contributed by atoms with Gasteiger partial charge in [0.2, 0.25) is 0 Å². The van der Waals surface area contributed by atoms with Gasteiger partial charge in [-0.3, -0.25) is 14.5 Å². The molecule has 1 N–H and O–H groups in total. The maximum absolute atomic E-state index is 13.6. The van der Waals surface area contributed by atoms with Crippen molar-refractivity contribution in [1.82, 2.24) is 14.8 Å². The molecule has 1 aliphatic carbocycles. The van der Waals surface area contributed by atoms with Crippen molar-refractivity contribution < 1.29 is 9.53 Å². The second-order valence-electron chi connectivity index (χ2n) is 11.4. The first-order valence-electron chi connectivity index (χ1n) is 13.6. The molecule has 2 aromatic rings. The van der Waals surface area contributed by atoms with E-state index in [1.807, 2.05) is 36.2 Å². The molecule has 0 unspecified atom stereocenters. The number of rotatable bonds is 7. The number of ether oxygens (including phenoxy) is 1. The molecule has 0 radical (unpaired) electrons. The van der Waals surface area contributed by atoms with Crippen molar-refractivity contribution in [2.75, 3.05) is 33.4 Å². The molecule has 1 saturated carbocycles. The van der Waals surface area contributed by atoms with Crippen LogP contribution >= 0.6 is 11.3 Å². The summed E-state index contributed by atoms with van der Waals surface area (Å²) in [6, 6.07) is 2.73. The molecular formula is C29H41N3O3S. The van der Waals surface area contributed by atoms with E-state index in [-0.39, 0.29) is 11.5 Å². The Balaban J connectivity index is 1.24. The molecular weight excluding hydrogens is 470 g/mol. The molecule has 4 heterocycles. The van der Waals surface area contributed by atoms with Gasteiger partial charge in [0, 0.05) is 66.1 Å². The van der Waals surface area contributed by atoms with Crippen LogP contribution in [0.1, 0.15) is 81.0 Å². The largest absolute Gasteiger partial charge is 0.384 e. The summed E-state index contributed by atoms with van der Waals surface area (Å²) in [5, 5.41) is 0. The van der Waals surface area contributed by atoms with Crippen LogP contribution in [0.2, 0.25) is 0 Å². The van der Waals surface area contributed by atoms with Crippen molar-refractivity contribution in [3.05, 3.63) is 54.1 Å². The van der Waals surface area contributed by atoms with Gasteiger partial charge >= 0.3 is 0 Å². The number of hydrogen-bond acceptors (Lipinski definition) is 5. The summed E-state index contributed by atoms with van der Waals surface area (Å²) in [6.07, 6.45) is 6.00. The van der Waals surface area contributed by atoms with Crippen molar-refractivity contribution >= 4 is 17.2 Å². The van der Waals surface area contributed by atoms with E-state index in [9.17, 15) is 9.59 Å². The van der Waals surface area contributed by atoms with Crippen molar-refractivity contribution in [1.29, 1.82) is 0 Å². The Labute approximate surface area is 219 Å². The summed E-state index contributed by atoms with van der Waals surface area (Å²) in [4.78, 5) is 36.2. The highest BCUT2D eigenvalue weighted by Crippen LogP contribution is 2.44. The van der Waals surface area contributed by atoms with Crippen LogP contribution in [0.4, 0.5) is 0 Å². The third kappa shape index (κ3) is 4.82. The Bertz CT molecular complexity index is 1170. The molecule has 0 bridgehead atoms. The predicted octanol–water partition coefficient (Wildman–Crippen LogP) is 4.80. The normalized spacial score (nSPS) is 24.0. The van der Waals surface area contributed by atoms with Crippen LogP contribution in [0.3, 0.4) is 0 Å². The zero-order chi connectivity index (χ0) is 25.6. The van der Waals surface area contributed by atoms with Gasteiger partial charge in [0.1, 0.15) is 0 Å². The van der Waals surface area contributed by atoms with E-state index in [4.69, 9.17) is 4.74 Å². The zero-order valence-corrected chi connectivity index (χ0v) is 23.3. The van der Waals surface area contributed by atoms with Gasteiger partial charge in [0.05, 0.1) is 18.7 Å². The lowest BCUT2D eigenvalue weighted by Crippen LogP contribution is -2.54. The Kier molecular flexibility index (Phi) is 7.44. The van der Waals surface area contributed by atoms with Gasteiger partial charge < -0.3 is 14.6 Å². The van der Waals surface area contributed by atoms with Crippen molar-refractivity contribution in [3.8, 4) is 0 Å². The number of thiophene rings is 1. The summed E-state index contributed by atoms with van der Waals surface area (Å²) in [6.45, 7) is 12.7. The van der Waals surface area contributed by atoms with Crippen molar-refractivity contribution in [2.24, 2.45) is 11.8 Å². The number of methoxy groups -OCH3 is 1. The molecule has 1 saturated heterocycles. The van der Waals surface area contributed by atoms with Crippen molar-refractivity contribution in [3.63, 3.8) is 0 Å². The molecule has 196 valence electrons. The molecule has 0 spiro atoms. The molecule has 2 aromatic heterocycles. The summed E-state index contributed by atoms with van der Waals surface area (Å²) in [7, 11) is 1.80. The molecule has 6 nitrogen and oxygen atoms in total. The molecule has 36 heavy (non-hydrogen) atoms. The van der Waals surface area contributed by atoms with Gasteiger partial charge in [-0.25, -0.2) is 0 Å². The maximum Gasteiger partial charge on any atom is 0.255 e. The second kappa shape index (κ2) is 10.4. The minimum atomic E-state index is -0.0782. The van der Waals surface area contributed by atoms with Crippen LogP contribution in [0, 0.1) is 32.6 Å². The lowest BCUT2D eigenvalue weighted by molar-refractivity contribution is -0.00954. The number of aryl methyl sites for hydroxylation is 2. The Morgan fingerprint density at radius 3 is 2.53 bits per heavy atom. The van der Waals surface area contributed by atoms with E-state index in [0.717, 1.165) is 41.8 Å². The number of hydrogen-bond donors (Lipinski definition) is 1. The lowest BCUT2D eigenvalue weighted by Gasteiger charge is -2.47. The fourth-order valence-corrected chi connectivity index (χ4v) is 8.26. The Morgan fingerprint density at radius 2 is 1.86 bits per heavy atom. The third-order valence-corrected chi connectivity index (χ3v) is 10.5. The van der Waals surface area contributed by atoms with E-state index >= 15 is 0 Å². The number of carbonyl (C=O) groups excluding carboxylic acids is 1. The molecule has 2 fully saturated rings. The summed E-state index contributed by atoms with van der Waals surface area (Å²) in [5.41, 5.74) is 4.52. The summed E-state index contributed by atoms with van der Waals surface area (Å²) in [5.74, 6) is 1.99. The quantitative estimate of drug-likeness (QED) is 0.580. The first kappa shape index (κ1) is 25.7. The predicted molar refractivity (Wildman–Crippen MR) is 145 cm³/mol. The number of nitrogens with one attached hydrogen (secondary N) is 1. The molecule has 0 aromatic carbocycles. The molecule has 5 rings (SSSR count). The monoisotopic (exact) mass is 511 g/mol. The van der Waals surface area contributed by atoms with Gasteiger partial charge in [-0.2, -0.15) is 0 Å². The number of aromatic nitrogens is 1. The van der Waals surface area contributed by atoms with Gasteiger partial charge in [-0.05, 0) is 75.5 Å². The van der Waals surface area contributed by atoms with Gasteiger partial charge in [0.15, 0.2) is 0 Å². The van der Waals surface area contributed by atoms with Crippen LogP contribution in [-0.2, 0) is 17.7 Å². The van der Waals surface area contributed by atoms with Gasteiger partial charge in [0.25, 0.3) is 11.5 Å². The van der Waals surface area contributed by atoms with Gasteiger partial charge in [-0.15, -0.1) is 11.3 Å². The fraction of sp³-hybridized carbons (Fsp3) is 0.655. The minimum absolute atomic E-state index is 0.0782. The van der Waals surface area contributed by atoms with Crippen LogP contribution in [0.15, 0.2) is 10.9 Å². The van der Waals surface area contributed by atoms with E-state index in [1.165, 1.54) is 54.1 Å². The lowest BCUT2D eigenvalue weighted by atomic mass is 9.76. The van der Waals surface area contributed by atoms with E-state index in [1.54, 1.807) is 7.11 Å². The molecule has 3 aliphatic rings. The highest BCUT2D eigenvalue weighted by atomic mass is 32.1. The number of carbonyl (C=O) groups is 1. The first-order valence-corrected chi connectivity index (χ1v) is 14.4. The Hall–Kier alpha value is -1.96. The number of aromatic amines is 1. The van der Waals surface area contributed by atoms with E-state index < -0.39 is 0 Å². The highest BCUT2D eigenvalue weighted by molar-refractivity contribution is 7.12. The van der Waals surface area contributed by atoms with Crippen LogP contribution in [-0.4, -0.2) is 60.1 Å². The van der Waals surface area contributed by atoms with Gasteiger partial charge in [-0.1, -0.05) is 6.92 Å². The summed E-state index contributed by atoms with van der Waals surface area (Å²) < 4.78 is 5.32. The zero-order valence-electron chi connectivity index (χ0n) is 22.5. The molecule has 2 aliphatic heterocycles. The number of amides is 1. The molecule has 1 amide bonds. The maximum atomic E-state index is 13.6. The number of H-pyrrole nitrogens is 1. The standard InChI is InChI=1S/C29H41N3O3S/c1-17-12-18(2)30-28(33)24(17)15-31-11-10-25-26(29(31)34)20(4)27(36-25)19(3)22-6-8-23(9-7-22)32-13-21(14-32)16-35-5/h12,19,21-23H,6-11,13-16H2,1-5H3,(H,30,33)/t19-,22?,23?/m1/s1. The average molecular weight is 512 g/mol.